The molecule has 1 atom stereocenters. The molecule has 3 rings (SSSR count). The Hall–Kier alpha value is -3.75. The first-order valence-electron chi connectivity index (χ1n) is 10.2. The van der Waals surface area contributed by atoms with E-state index in [1.54, 1.807) is 36.4 Å². The number of para-hydroxylation sites is 2. The average Bonchev–Trinajstić information content (AvgIpc) is 3.19. The second-order valence-corrected chi connectivity index (χ2v) is 7.03. The first-order chi connectivity index (χ1) is 15.5. The number of rotatable bonds is 9. The summed E-state index contributed by atoms with van der Waals surface area (Å²) in [5.74, 6) is -0.435. The van der Waals surface area contributed by atoms with Crippen molar-refractivity contribution in [2.45, 2.75) is 13.3 Å². The fraction of sp³-hybridized carbons (Fsp3) is 0.348. The van der Waals surface area contributed by atoms with E-state index >= 15 is 0 Å². The summed E-state index contributed by atoms with van der Waals surface area (Å²) in [7, 11) is 2.99. The molecule has 0 saturated carbocycles. The number of nitrogens with zero attached hydrogens (tertiary/aromatic N) is 1. The number of amides is 2. The molecule has 0 aliphatic carbocycles. The molecule has 170 valence electrons. The summed E-state index contributed by atoms with van der Waals surface area (Å²) in [6.45, 7) is 2.00. The number of carbonyl (C=O) groups excluding carboxylic acids is 3. The van der Waals surface area contributed by atoms with Crippen molar-refractivity contribution < 1.29 is 33.3 Å². The summed E-state index contributed by atoms with van der Waals surface area (Å²) in [6.07, 6.45) is 0.00716. The lowest BCUT2D eigenvalue weighted by molar-refractivity contribution is -0.151. The second kappa shape index (κ2) is 10.5. The number of methoxy groups -OCH3 is 2. The average molecular weight is 442 g/mol. The van der Waals surface area contributed by atoms with Crippen LogP contribution in [0.1, 0.15) is 13.3 Å². The Balaban J connectivity index is 1.57. The first kappa shape index (κ1) is 22.9. The van der Waals surface area contributed by atoms with Crippen LogP contribution in [0.2, 0.25) is 0 Å². The fourth-order valence-electron chi connectivity index (χ4n) is 3.40. The smallest absolute Gasteiger partial charge is 0.311 e. The quantitative estimate of drug-likeness (QED) is 0.596. The van der Waals surface area contributed by atoms with E-state index in [0.29, 0.717) is 35.2 Å². The monoisotopic (exact) mass is 442 g/mol. The number of anilines is 2. The van der Waals surface area contributed by atoms with Crippen LogP contribution in [0, 0.1) is 5.92 Å². The van der Waals surface area contributed by atoms with Gasteiger partial charge >= 0.3 is 5.97 Å². The Morgan fingerprint density at radius 2 is 1.88 bits per heavy atom. The Morgan fingerprint density at radius 1 is 1.09 bits per heavy atom. The van der Waals surface area contributed by atoms with Crippen molar-refractivity contribution in [2.24, 2.45) is 5.92 Å². The normalized spacial score (nSPS) is 15.3. The highest BCUT2D eigenvalue weighted by Gasteiger charge is 2.37. The predicted molar refractivity (Wildman–Crippen MR) is 117 cm³/mol. The molecule has 1 saturated heterocycles. The van der Waals surface area contributed by atoms with E-state index in [9.17, 15) is 14.4 Å². The largest absolute Gasteiger partial charge is 0.497 e. The molecule has 0 radical (unpaired) electrons. The minimum absolute atomic E-state index is 0.00716. The van der Waals surface area contributed by atoms with Crippen LogP contribution in [-0.4, -0.2) is 51.8 Å². The molecule has 0 unspecified atom stereocenters. The topological polar surface area (TPSA) is 103 Å². The van der Waals surface area contributed by atoms with E-state index in [4.69, 9.17) is 18.9 Å². The van der Waals surface area contributed by atoms with Crippen molar-refractivity contribution in [3.05, 3.63) is 42.5 Å². The third-order valence-corrected chi connectivity index (χ3v) is 4.94. The molecule has 2 aromatic rings. The SMILES string of the molecule is CCOc1ccccc1N1C[C@H](C(=O)OCC(=O)Nc2ccc(OC)cc2OC)CC1=O. The third kappa shape index (κ3) is 5.29. The molecule has 0 aromatic heterocycles. The van der Waals surface area contributed by atoms with Crippen molar-refractivity contribution in [1.82, 2.24) is 0 Å². The summed E-state index contributed by atoms with van der Waals surface area (Å²) in [6, 6.07) is 12.1. The number of benzene rings is 2. The van der Waals surface area contributed by atoms with Gasteiger partial charge in [-0.25, -0.2) is 0 Å². The standard InChI is InChI=1S/C23H26N2O7/c1-4-31-19-8-6-5-7-18(19)25-13-15(11-22(25)27)23(28)32-14-21(26)24-17-10-9-16(29-2)12-20(17)30-3/h5-10,12,15H,4,11,13-14H2,1-3H3,(H,24,26)/t15-/m1/s1. The number of nitrogens with one attached hydrogen (secondary N) is 1. The number of carbonyl (C=O) groups is 3. The molecule has 1 heterocycles. The van der Waals surface area contributed by atoms with E-state index in [1.807, 2.05) is 13.0 Å². The molecule has 2 amide bonds. The van der Waals surface area contributed by atoms with Crippen molar-refractivity contribution in [2.75, 3.05) is 44.2 Å². The minimum atomic E-state index is -0.666. The second-order valence-electron chi connectivity index (χ2n) is 7.03. The molecule has 9 nitrogen and oxygen atoms in total. The highest BCUT2D eigenvalue weighted by Crippen LogP contribution is 2.33. The van der Waals surface area contributed by atoms with Crippen LogP contribution in [-0.2, 0) is 19.1 Å². The summed E-state index contributed by atoms with van der Waals surface area (Å²) >= 11 is 0. The van der Waals surface area contributed by atoms with Crippen LogP contribution in [0.4, 0.5) is 11.4 Å². The van der Waals surface area contributed by atoms with Crippen LogP contribution in [0.25, 0.3) is 0 Å². The number of hydrogen-bond acceptors (Lipinski definition) is 7. The van der Waals surface area contributed by atoms with Crippen LogP contribution >= 0.6 is 0 Å². The highest BCUT2D eigenvalue weighted by molar-refractivity contribution is 6.01. The van der Waals surface area contributed by atoms with Gasteiger partial charge in [0.2, 0.25) is 5.91 Å². The van der Waals surface area contributed by atoms with Gasteiger partial charge in [-0.1, -0.05) is 12.1 Å². The predicted octanol–water partition coefficient (Wildman–Crippen LogP) is 2.64. The summed E-state index contributed by atoms with van der Waals surface area (Å²) in [5.41, 5.74) is 1.03. The molecule has 9 heteroatoms. The van der Waals surface area contributed by atoms with Gasteiger partial charge in [-0.3, -0.25) is 14.4 Å². The summed E-state index contributed by atoms with van der Waals surface area (Å²) < 4.78 is 21.1. The van der Waals surface area contributed by atoms with Crippen molar-refractivity contribution >= 4 is 29.2 Å². The van der Waals surface area contributed by atoms with Gasteiger partial charge in [0.1, 0.15) is 17.2 Å². The van der Waals surface area contributed by atoms with E-state index in [2.05, 4.69) is 5.32 Å². The Morgan fingerprint density at radius 3 is 2.59 bits per heavy atom. The molecule has 0 bridgehead atoms. The maximum Gasteiger partial charge on any atom is 0.311 e. The van der Waals surface area contributed by atoms with Gasteiger partial charge in [0.25, 0.3) is 5.91 Å². The molecular formula is C23H26N2O7. The number of ether oxygens (including phenoxy) is 4. The van der Waals surface area contributed by atoms with Gasteiger partial charge in [0, 0.05) is 19.0 Å². The summed E-state index contributed by atoms with van der Waals surface area (Å²) in [5, 5.41) is 2.63. The van der Waals surface area contributed by atoms with E-state index in [0.717, 1.165) is 0 Å². The fourth-order valence-corrected chi connectivity index (χ4v) is 3.40. The lowest BCUT2D eigenvalue weighted by Crippen LogP contribution is -2.28. The molecular weight excluding hydrogens is 416 g/mol. The Kier molecular flexibility index (Phi) is 7.54. The molecule has 1 fully saturated rings. The molecule has 32 heavy (non-hydrogen) atoms. The van der Waals surface area contributed by atoms with Gasteiger partial charge in [-0.2, -0.15) is 0 Å². The van der Waals surface area contributed by atoms with E-state index in [1.165, 1.54) is 19.1 Å². The zero-order valence-corrected chi connectivity index (χ0v) is 18.3. The van der Waals surface area contributed by atoms with Gasteiger partial charge in [-0.15, -0.1) is 0 Å². The van der Waals surface area contributed by atoms with Crippen LogP contribution in [0.15, 0.2) is 42.5 Å². The molecule has 1 aliphatic heterocycles. The van der Waals surface area contributed by atoms with Gasteiger partial charge in [0.15, 0.2) is 6.61 Å². The summed E-state index contributed by atoms with van der Waals surface area (Å²) in [4.78, 5) is 38.8. The van der Waals surface area contributed by atoms with Gasteiger partial charge < -0.3 is 29.2 Å². The Labute approximate surface area is 186 Å². The van der Waals surface area contributed by atoms with E-state index < -0.39 is 24.4 Å². The van der Waals surface area contributed by atoms with E-state index in [-0.39, 0.29) is 18.9 Å². The van der Waals surface area contributed by atoms with Gasteiger partial charge in [0.05, 0.1) is 38.1 Å². The number of esters is 1. The highest BCUT2D eigenvalue weighted by atomic mass is 16.5. The maximum absolute atomic E-state index is 12.5. The van der Waals surface area contributed by atoms with Crippen molar-refractivity contribution in [3.63, 3.8) is 0 Å². The first-order valence-corrected chi connectivity index (χ1v) is 10.2. The van der Waals surface area contributed by atoms with Gasteiger partial charge in [-0.05, 0) is 31.2 Å². The Bertz CT molecular complexity index is 992. The third-order valence-electron chi connectivity index (χ3n) is 4.94. The maximum atomic E-state index is 12.5. The van der Waals surface area contributed by atoms with Crippen molar-refractivity contribution in [1.29, 1.82) is 0 Å². The molecule has 1 aliphatic rings. The van der Waals surface area contributed by atoms with Crippen LogP contribution in [0.5, 0.6) is 17.2 Å². The van der Waals surface area contributed by atoms with Crippen LogP contribution < -0.4 is 24.4 Å². The zero-order valence-electron chi connectivity index (χ0n) is 18.3. The minimum Gasteiger partial charge on any atom is -0.497 e. The number of hydrogen-bond donors (Lipinski definition) is 1. The lowest BCUT2D eigenvalue weighted by Gasteiger charge is -2.20. The molecule has 1 N–H and O–H groups in total. The van der Waals surface area contributed by atoms with Crippen molar-refractivity contribution in [3.8, 4) is 17.2 Å². The zero-order chi connectivity index (χ0) is 23.1. The molecule has 0 spiro atoms. The van der Waals surface area contributed by atoms with Crippen LogP contribution in [0.3, 0.4) is 0 Å². The molecule has 2 aromatic carbocycles. The lowest BCUT2D eigenvalue weighted by atomic mass is 10.1.